The van der Waals surface area contributed by atoms with Crippen LogP contribution in [-0.2, 0) is 0 Å². The molecule has 2 aromatic carbocycles. The fraction of sp³-hybridized carbons (Fsp3) is 0.250. The van der Waals surface area contributed by atoms with E-state index in [0.717, 1.165) is 5.56 Å². The van der Waals surface area contributed by atoms with Gasteiger partial charge in [0.25, 0.3) is 0 Å². The number of benzene rings is 2. The van der Waals surface area contributed by atoms with Crippen LogP contribution in [0, 0.1) is 19.7 Å². The average Bonchev–Trinajstić information content (AvgIpc) is 2.35. The van der Waals surface area contributed by atoms with Crippen LogP contribution < -0.4 is 5.32 Å². The van der Waals surface area contributed by atoms with Gasteiger partial charge in [0.05, 0.1) is 6.04 Å². The average molecular weight is 243 g/mol. The maximum absolute atomic E-state index is 13.3. The molecule has 1 atom stereocenters. The van der Waals surface area contributed by atoms with Crippen molar-refractivity contribution in [2.75, 3.05) is 7.05 Å². The highest BCUT2D eigenvalue weighted by atomic mass is 19.1. The van der Waals surface area contributed by atoms with Gasteiger partial charge in [-0.25, -0.2) is 4.39 Å². The van der Waals surface area contributed by atoms with Crippen LogP contribution in [0.1, 0.15) is 28.3 Å². The van der Waals surface area contributed by atoms with Gasteiger partial charge in [-0.2, -0.15) is 0 Å². The van der Waals surface area contributed by atoms with E-state index in [-0.39, 0.29) is 11.9 Å². The largest absolute Gasteiger partial charge is 0.309 e. The fourth-order valence-corrected chi connectivity index (χ4v) is 2.26. The molecular formula is C16H18FN. The smallest absolute Gasteiger partial charge is 0.123 e. The Morgan fingerprint density at radius 1 is 1.06 bits per heavy atom. The number of hydrogen-bond acceptors (Lipinski definition) is 1. The number of aryl methyl sites for hydroxylation is 2. The summed E-state index contributed by atoms with van der Waals surface area (Å²) in [5.41, 5.74) is 4.57. The van der Waals surface area contributed by atoms with Crippen LogP contribution in [0.25, 0.3) is 0 Å². The van der Waals surface area contributed by atoms with E-state index in [1.807, 2.05) is 13.1 Å². The first kappa shape index (κ1) is 12.8. The first-order chi connectivity index (χ1) is 8.61. The maximum Gasteiger partial charge on any atom is 0.123 e. The van der Waals surface area contributed by atoms with Crippen molar-refractivity contribution >= 4 is 0 Å². The molecule has 0 heterocycles. The van der Waals surface area contributed by atoms with E-state index in [0.29, 0.717) is 0 Å². The van der Waals surface area contributed by atoms with Crippen molar-refractivity contribution in [2.24, 2.45) is 0 Å². The number of rotatable bonds is 3. The minimum absolute atomic E-state index is 0.0283. The Bertz CT molecular complexity index is 549. The third-order valence-electron chi connectivity index (χ3n) is 3.22. The molecule has 0 aliphatic heterocycles. The zero-order valence-electron chi connectivity index (χ0n) is 11.0. The molecule has 2 heteroatoms. The molecule has 0 radical (unpaired) electrons. The molecule has 94 valence electrons. The van der Waals surface area contributed by atoms with E-state index >= 15 is 0 Å². The van der Waals surface area contributed by atoms with Gasteiger partial charge < -0.3 is 5.32 Å². The second kappa shape index (κ2) is 5.32. The lowest BCUT2D eigenvalue weighted by Gasteiger charge is -2.20. The standard InChI is InChI=1S/C16H18FN/c1-11-7-8-12(2)15(9-11)16(18-3)13-5-4-6-14(17)10-13/h4-10,16,18H,1-3H3. The summed E-state index contributed by atoms with van der Waals surface area (Å²) in [7, 11) is 1.90. The van der Waals surface area contributed by atoms with Crippen molar-refractivity contribution in [2.45, 2.75) is 19.9 Å². The molecule has 0 amide bonds. The highest BCUT2D eigenvalue weighted by Crippen LogP contribution is 2.25. The lowest BCUT2D eigenvalue weighted by atomic mass is 9.93. The normalized spacial score (nSPS) is 12.4. The Morgan fingerprint density at radius 2 is 1.83 bits per heavy atom. The first-order valence-electron chi connectivity index (χ1n) is 6.11. The van der Waals surface area contributed by atoms with Crippen LogP contribution in [0.5, 0.6) is 0 Å². The van der Waals surface area contributed by atoms with Gasteiger partial charge in [-0.15, -0.1) is 0 Å². The lowest BCUT2D eigenvalue weighted by molar-refractivity contribution is 0.616. The molecule has 0 aromatic heterocycles. The minimum atomic E-state index is -0.196. The Hall–Kier alpha value is -1.67. The SMILES string of the molecule is CNC(c1cccc(F)c1)c1cc(C)ccc1C. The van der Waals surface area contributed by atoms with Crippen LogP contribution in [0.2, 0.25) is 0 Å². The summed E-state index contributed by atoms with van der Waals surface area (Å²) in [5, 5.41) is 3.26. The molecule has 1 nitrogen and oxygen atoms in total. The van der Waals surface area contributed by atoms with Gasteiger partial charge in [-0.05, 0) is 49.7 Å². The lowest BCUT2D eigenvalue weighted by Crippen LogP contribution is -2.19. The number of nitrogens with one attached hydrogen (secondary N) is 1. The van der Waals surface area contributed by atoms with Crippen molar-refractivity contribution < 1.29 is 4.39 Å². The molecule has 0 saturated carbocycles. The highest BCUT2D eigenvalue weighted by Gasteiger charge is 2.14. The highest BCUT2D eigenvalue weighted by molar-refractivity contribution is 5.39. The zero-order chi connectivity index (χ0) is 13.1. The summed E-state index contributed by atoms with van der Waals surface area (Å²) in [6.07, 6.45) is 0. The molecule has 1 unspecified atom stereocenters. The number of hydrogen-bond donors (Lipinski definition) is 1. The first-order valence-corrected chi connectivity index (χ1v) is 6.11. The molecule has 1 N–H and O–H groups in total. The van der Waals surface area contributed by atoms with Crippen LogP contribution in [0.4, 0.5) is 4.39 Å². The third kappa shape index (κ3) is 2.59. The molecule has 0 aliphatic rings. The Kier molecular flexibility index (Phi) is 3.78. The molecular weight excluding hydrogens is 225 g/mol. The summed E-state index contributed by atoms with van der Waals surface area (Å²) < 4.78 is 13.3. The van der Waals surface area contributed by atoms with Crippen molar-refractivity contribution in [3.05, 3.63) is 70.5 Å². The van der Waals surface area contributed by atoms with E-state index in [4.69, 9.17) is 0 Å². The van der Waals surface area contributed by atoms with E-state index < -0.39 is 0 Å². The van der Waals surface area contributed by atoms with Crippen molar-refractivity contribution in [3.63, 3.8) is 0 Å². The molecule has 0 spiro atoms. The maximum atomic E-state index is 13.3. The van der Waals surface area contributed by atoms with E-state index in [2.05, 4.69) is 37.4 Å². The summed E-state index contributed by atoms with van der Waals surface area (Å²) in [6, 6.07) is 13.1. The fourth-order valence-electron chi connectivity index (χ4n) is 2.26. The molecule has 0 bridgehead atoms. The molecule has 18 heavy (non-hydrogen) atoms. The van der Waals surface area contributed by atoms with Crippen LogP contribution in [0.3, 0.4) is 0 Å². The molecule has 0 aliphatic carbocycles. The van der Waals surface area contributed by atoms with Crippen molar-refractivity contribution in [3.8, 4) is 0 Å². The number of halogens is 1. The predicted octanol–water partition coefficient (Wildman–Crippen LogP) is 3.75. The monoisotopic (exact) mass is 243 g/mol. The van der Waals surface area contributed by atoms with E-state index in [1.165, 1.54) is 22.8 Å². The van der Waals surface area contributed by atoms with Crippen molar-refractivity contribution in [1.29, 1.82) is 0 Å². The molecule has 2 rings (SSSR count). The molecule has 0 fully saturated rings. The van der Waals surface area contributed by atoms with E-state index in [1.54, 1.807) is 12.1 Å². The van der Waals surface area contributed by atoms with E-state index in [9.17, 15) is 4.39 Å². The third-order valence-corrected chi connectivity index (χ3v) is 3.22. The molecule has 0 saturated heterocycles. The predicted molar refractivity (Wildman–Crippen MR) is 73.2 cm³/mol. The minimum Gasteiger partial charge on any atom is -0.309 e. The van der Waals surface area contributed by atoms with Gasteiger partial charge in [0.1, 0.15) is 5.82 Å². The summed E-state index contributed by atoms with van der Waals surface area (Å²) in [5.74, 6) is -0.196. The van der Waals surface area contributed by atoms with Gasteiger partial charge in [0, 0.05) is 0 Å². The second-order valence-corrected chi connectivity index (χ2v) is 4.64. The topological polar surface area (TPSA) is 12.0 Å². The van der Waals surface area contributed by atoms with Gasteiger partial charge >= 0.3 is 0 Å². The Morgan fingerprint density at radius 3 is 2.50 bits per heavy atom. The van der Waals surface area contributed by atoms with Crippen LogP contribution in [0.15, 0.2) is 42.5 Å². The second-order valence-electron chi connectivity index (χ2n) is 4.64. The van der Waals surface area contributed by atoms with Crippen molar-refractivity contribution in [1.82, 2.24) is 5.32 Å². The van der Waals surface area contributed by atoms with Gasteiger partial charge in [-0.3, -0.25) is 0 Å². The van der Waals surface area contributed by atoms with Crippen LogP contribution >= 0.6 is 0 Å². The zero-order valence-corrected chi connectivity index (χ0v) is 11.0. The molecule has 2 aromatic rings. The summed E-state index contributed by atoms with van der Waals surface area (Å²) in [4.78, 5) is 0. The Balaban J connectivity index is 2.48. The van der Waals surface area contributed by atoms with Gasteiger partial charge in [0.15, 0.2) is 0 Å². The van der Waals surface area contributed by atoms with Crippen LogP contribution in [-0.4, -0.2) is 7.05 Å². The quantitative estimate of drug-likeness (QED) is 0.865. The Labute approximate surface area is 108 Å². The van der Waals surface area contributed by atoms with Gasteiger partial charge in [0.2, 0.25) is 0 Å². The van der Waals surface area contributed by atoms with Gasteiger partial charge in [-0.1, -0.05) is 35.9 Å². The summed E-state index contributed by atoms with van der Waals surface area (Å²) in [6.45, 7) is 4.15. The summed E-state index contributed by atoms with van der Waals surface area (Å²) >= 11 is 0.